The van der Waals surface area contributed by atoms with E-state index in [0.29, 0.717) is 18.4 Å². The Bertz CT molecular complexity index is 1120. The highest BCUT2D eigenvalue weighted by molar-refractivity contribution is 5.98. The Labute approximate surface area is 206 Å². The summed E-state index contributed by atoms with van der Waals surface area (Å²) in [6.07, 6.45) is 4.46. The molecule has 5 nitrogen and oxygen atoms in total. The molecule has 3 aromatic carbocycles. The van der Waals surface area contributed by atoms with Crippen molar-refractivity contribution in [3.05, 3.63) is 95.6 Å². The molecule has 0 aromatic heterocycles. The maximum Gasteiger partial charge on any atom is 0.306 e. The predicted octanol–water partition coefficient (Wildman–Crippen LogP) is 6.45. The summed E-state index contributed by atoms with van der Waals surface area (Å²) in [5, 5.41) is 18.4. The largest absolute Gasteiger partial charge is 0.481 e. The van der Waals surface area contributed by atoms with E-state index >= 15 is 0 Å². The van der Waals surface area contributed by atoms with Crippen molar-refractivity contribution in [2.45, 2.75) is 51.4 Å². The average molecular weight is 473 g/mol. The number of ketones is 1. The van der Waals surface area contributed by atoms with Crippen LogP contribution in [0.4, 0.5) is 0 Å². The van der Waals surface area contributed by atoms with E-state index in [2.05, 4.69) is 6.07 Å². The number of hydrogen-bond donors (Lipinski definition) is 2. The summed E-state index contributed by atoms with van der Waals surface area (Å²) >= 11 is 0. The monoisotopic (exact) mass is 472 g/mol. The number of carbonyl (C=O) groups excluding carboxylic acids is 1. The van der Waals surface area contributed by atoms with Gasteiger partial charge in [0.05, 0.1) is 5.92 Å². The molecule has 0 saturated heterocycles. The molecule has 0 fully saturated rings. The van der Waals surface area contributed by atoms with Crippen molar-refractivity contribution in [3.8, 4) is 11.1 Å². The predicted molar refractivity (Wildman–Crippen MR) is 137 cm³/mol. The van der Waals surface area contributed by atoms with Crippen LogP contribution in [-0.2, 0) is 22.4 Å². The second-order valence-electron chi connectivity index (χ2n) is 8.92. The van der Waals surface area contributed by atoms with E-state index in [1.807, 2.05) is 60.7 Å². The molecule has 3 aromatic rings. The van der Waals surface area contributed by atoms with Gasteiger partial charge in [-0.2, -0.15) is 0 Å². The van der Waals surface area contributed by atoms with Crippen molar-refractivity contribution >= 4 is 17.7 Å². The minimum Gasteiger partial charge on any atom is -0.481 e. The molecule has 2 N–H and O–H groups in total. The number of carbonyl (C=O) groups is 3. The molecule has 0 radical (unpaired) electrons. The first-order valence-electron chi connectivity index (χ1n) is 12.1. The van der Waals surface area contributed by atoms with Crippen LogP contribution in [0.15, 0.2) is 78.9 Å². The molecule has 0 aliphatic rings. The lowest BCUT2D eigenvalue weighted by Gasteiger charge is -2.12. The Kier molecular flexibility index (Phi) is 9.79. The topological polar surface area (TPSA) is 91.7 Å². The number of carboxylic acids is 2. The number of aryl methyl sites for hydroxylation is 2. The molecule has 0 amide bonds. The van der Waals surface area contributed by atoms with Crippen LogP contribution in [0.5, 0.6) is 0 Å². The van der Waals surface area contributed by atoms with Crippen molar-refractivity contribution in [1.82, 2.24) is 0 Å². The second kappa shape index (κ2) is 13.2. The minimum absolute atomic E-state index is 0.00467. The summed E-state index contributed by atoms with van der Waals surface area (Å²) < 4.78 is 0. The highest BCUT2D eigenvalue weighted by atomic mass is 16.4. The molecule has 0 aliphatic heterocycles. The molecule has 0 aliphatic carbocycles. The summed E-state index contributed by atoms with van der Waals surface area (Å²) in [7, 11) is 0. The van der Waals surface area contributed by atoms with Crippen LogP contribution in [-0.4, -0.2) is 27.9 Å². The van der Waals surface area contributed by atoms with Crippen molar-refractivity contribution < 1.29 is 24.6 Å². The Morgan fingerprint density at radius 2 is 1.37 bits per heavy atom. The summed E-state index contributed by atoms with van der Waals surface area (Å²) in [6.45, 7) is 0. The van der Waals surface area contributed by atoms with Crippen LogP contribution in [0.2, 0.25) is 0 Å². The molecular formula is C30H32O5. The van der Waals surface area contributed by atoms with Crippen LogP contribution in [0.25, 0.3) is 11.1 Å². The van der Waals surface area contributed by atoms with E-state index < -0.39 is 17.9 Å². The molecule has 0 bridgehead atoms. The van der Waals surface area contributed by atoms with Gasteiger partial charge in [-0.15, -0.1) is 0 Å². The van der Waals surface area contributed by atoms with E-state index in [-0.39, 0.29) is 18.6 Å². The first-order valence-corrected chi connectivity index (χ1v) is 12.1. The maximum atomic E-state index is 12.8. The molecule has 35 heavy (non-hydrogen) atoms. The molecular weight excluding hydrogens is 440 g/mol. The molecule has 0 saturated carbocycles. The minimum atomic E-state index is -0.928. The second-order valence-corrected chi connectivity index (χ2v) is 8.92. The SMILES string of the molecule is O=C(O)CCCCc1cccc(-c2ccc(C(=O)CC(CCCc3ccccc3)C(=O)O)cc2)c1. The molecule has 3 rings (SSSR count). The van der Waals surface area contributed by atoms with Crippen molar-refractivity contribution in [3.63, 3.8) is 0 Å². The molecule has 0 heterocycles. The van der Waals surface area contributed by atoms with Crippen molar-refractivity contribution in [2.75, 3.05) is 0 Å². The zero-order chi connectivity index (χ0) is 25.0. The molecule has 0 spiro atoms. The number of rotatable bonds is 14. The molecule has 1 unspecified atom stereocenters. The number of aliphatic carboxylic acids is 2. The van der Waals surface area contributed by atoms with E-state index in [9.17, 15) is 19.5 Å². The van der Waals surface area contributed by atoms with Gasteiger partial charge < -0.3 is 10.2 Å². The Morgan fingerprint density at radius 3 is 2.06 bits per heavy atom. The lowest BCUT2D eigenvalue weighted by Crippen LogP contribution is -2.18. The van der Waals surface area contributed by atoms with Gasteiger partial charge in [0.1, 0.15) is 0 Å². The smallest absolute Gasteiger partial charge is 0.306 e. The van der Waals surface area contributed by atoms with E-state index in [4.69, 9.17) is 5.11 Å². The highest BCUT2D eigenvalue weighted by Gasteiger charge is 2.21. The maximum absolute atomic E-state index is 12.8. The third-order valence-corrected chi connectivity index (χ3v) is 6.22. The van der Waals surface area contributed by atoms with Crippen LogP contribution in [0, 0.1) is 5.92 Å². The van der Waals surface area contributed by atoms with Gasteiger partial charge in [-0.05, 0) is 60.8 Å². The first kappa shape index (κ1) is 25.9. The summed E-state index contributed by atoms with van der Waals surface area (Å²) in [5.41, 5.74) is 4.85. The number of Topliss-reactive ketones (excluding diaryl/α,β-unsaturated/α-hetero) is 1. The Balaban J connectivity index is 1.56. The van der Waals surface area contributed by atoms with E-state index in [1.54, 1.807) is 12.1 Å². The van der Waals surface area contributed by atoms with Crippen LogP contribution >= 0.6 is 0 Å². The van der Waals surface area contributed by atoms with Crippen LogP contribution in [0.3, 0.4) is 0 Å². The number of unbranched alkanes of at least 4 members (excludes halogenated alkanes) is 1. The number of hydrogen-bond acceptors (Lipinski definition) is 3. The number of carboxylic acid groups (broad SMARTS) is 2. The van der Waals surface area contributed by atoms with Crippen molar-refractivity contribution in [1.29, 1.82) is 0 Å². The van der Waals surface area contributed by atoms with E-state index in [0.717, 1.165) is 42.4 Å². The summed E-state index contributed by atoms with van der Waals surface area (Å²) in [4.78, 5) is 35.2. The molecule has 1 atom stereocenters. The van der Waals surface area contributed by atoms with Gasteiger partial charge in [-0.1, -0.05) is 78.9 Å². The van der Waals surface area contributed by atoms with Crippen molar-refractivity contribution in [2.24, 2.45) is 5.92 Å². The third kappa shape index (κ3) is 8.53. The lowest BCUT2D eigenvalue weighted by atomic mass is 9.92. The van der Waals surface area contributed by atoms with Crippen LogP contribution in [0.1, 0.15) is 60.0 Å². The fraction of sp³-hybridized carbons (Fsp3) is 0.300. The zero-order valence-corrected chi connectivity index (χ0v) is 19.9. The quantitative estimate of drug-likeness (QED) is 0.208. The van der Waals surface area contributed by atoms with Gasteiger partial charge in [0, 0.05) is 18.4 Å². The Hall–Kier alpha value is -3.73. The Morgan fingerprint density at radius 1 is 0.686 bits per heavy atom. The third-order valence-electron chi connectivity index (χ3n) is 6.22. The lowest BCUT2D eigenvalue weighted by molar-refractivity contribution is -0.142. The van der Waals surface area contributed by atoms with E-state index in [1.165, 1.54) is 5.56 Å². The fourth-order valence-corrected chi connectivity index (χ4v) is 4.21. The first-order chi connectivity index (χ1) is 16.9. The van der Waals surface area contributed by atoms with Gasteiger partial charge >= 0.3 is 11.9 Å². The van der Waals surface area contributed by atoms with Gasteiger partial charge in [0.2, 0.25) is 0 Å². The fourth-order valence-electron chi connectivity index (χ4n) is 4.21. The zero-order valence-electron chi connectivity index (χ0n) is 19.9. The van der Waals surface area contributed by atoms with Crippen LogP contribution < -0.4 is 0 Å². The molecule has 5 heteroatoms. The number of benzene rings is 3. The summed E-state index contributed by atoms with van der Waals surface area (Å²) in [5.74, 6) is -2.54. The highest BCUT2D eigenvalue weighted by Crippen LogP contribution is 2.24. The van der Waals surface area contributed by atoms with Gasteiger partial charge in [0.25, 0.3) is 0 Å². The molecule has 182 valence electrons. The average Bonchev–Trinajstić information content (AvgIpc) is 2.86. The van der Waals surface area contributed by atoms with Gasteiger partial charge in [0.15, 0.2) is 5.78 Å². The van der Waals surface area contributed by atoms with Gasteiger partial charge in [-0.3, -0.25) is 14.4 Å². The summed E-state index contributed by atoms with van der Waals surface area (Å²) in [6, 6.07) is 25.4. The normalized spacial score (nSPS) is 11.7. The standard InChI is InChI=1S/C30H32O5/c31-28(21-27(30(34)35)14-6-11-22-8-2-1-3-9-22)25-18-16-24(17-19-25)26-13-7-12-23(20-26)10-4-5-15-29(32)33/h1-3,7-9,12-13,16-20,27H,4-6,10-11,14-15,21H2,(H,32,33)(H,34,35). The van der Waals surface area contributed by atoms with Gasteiger partial charge in [-0.25, -0.2) is 0 Å².